The van der Waals surface area contributed by atoms with Crippen molar-refractivity contribution in [2.24, 2.45) is 0 Å². The number of ether oxygens (including phenoxy) is 1. The average molecular weight is 366 g/mol. The van der Waals surface area contributed by atoms with Crippen LogP contribution in [-0.4, -0.2) is 35.7 Å². The van der Waals surface area contributed by atoms with Crippen molar-refractivity contribution in [2.75, 3.05) is 26.1 Å². The van der Waals surface area contributed by atoms with Crippen molar-refractivity contribution < 1.29 is 4.74 Å². The van der Waals surface area contributed by atoms with E-state index in [1.54, 1.807) is 24.2 Å². The van der Waals surface area contributed by atoms with Gasteiger partial charge in [0.05, 0.1) is 29.4 Å². The molecule has 0 bridgehead atoms. The highest BCUT2D eigenvalue weighted by Crippen LogP contribution is 2.35. The van der Waals surface area contributed by atoms with Crippen LogP contribution in [0.15, 0.2) is 41.6 Å². The fourth-order valence-electron chi connectivity index (χ4n) is 3.11. The summed E-state index contributed by atoms with van der Waals surface area (Å²) in [7, 11) is 5.57. The van der Waals surface area contributed by atoms with E-state index in [4.69, 9.17) is 4.74 Å². The summed E-state index contributed by atoms with van der Waals surface area (Å²) in [5, 5.41) is 0.924. The van der Waals surface area contributed by atoms with Crippen LogP contribution in [0, 0.1) is 6.92 Å². The topological polar surface area (TPSA) is 60.2 Å². The summed E-state index contributed by atoms with van der Waals surface area (Å²) in [6.07, 6.45) is 3.36. The van der Waals surface area contributed by atoms with Gasteiger partial charge < -0.3 is 9.64 Å². The number of aryl methyl sites for hydroxylation is 1. The third kappa shape index (κ3) is 2.43. The maximum atomic E-state index is 13.1. The van der Waals surface area contributed by atoms with Crippen LogP contribution in [0.5, 0.6) is 5.75 Å². The molecule has 7 heteroatoms. The summed E-state index contributed by atoms with van der Waals surface area (Å²) in [6, 6.07) is 7.56. The number of pyridine rings is 1. The van der Waals surface area contributed by atoms with E-state index in [0.717, 1.165) is 32.9 Å². The largest absolute Gasteiger partial charge is 0.497 e. The molecule has 132 valence electrons. The first-order valence-corrected chi connectivity index (χ1v) is 8.94. The van der Waals surface area contributed by atoms with Crippen molar-refractivity contribution in [2.45, 2.75) is 6.92 Å². The van der Waals surface area contributed by atoms with Crippen LogP contribution in [0.25, 0.3) is 26.1 Å². The minimum atomic E-state index is -0.0871. The molecule has 26 heavy (non-hydrogen) atoms. The average Bonchev–Trinajstić information content (AvgIpc) is 3.02. The number of thiophene rings is 1. The van der Waals surface area contributed by atoms with Crippen molar-refractivity contribution in [3.05, 3.63) is 52.7 Å². The Hall–Kier alpha value is -2.93. The normalized spacial score (nSPS) is 11.2. The Morgan fingerprint density at radius 2 is 2.00 bits per heavy atom. The number of anilines is 1. The summed E-state index contributed by atoms with van der Waals surface area (Å²) < 4.78 is 7.44. The van der Waals surface area contributed by atoms with Crippen LogP contribution in [0.1, 0.15) is 5.56 Å². The monoisotopic (exact) mass is 366 g/mol. The fourth-order valence-corrected chi connectivity index (χ4v) is 4.15. The molecule has 0 aliphatic carbocycles. The van der Waals surface area contributed by atoms with Gasteiger partial charge >= 0.3 is 0 Å². The number of rotatable bonds is 3. The van der Waals surface area contributed by atoms with Crippen molar-refractivity contribution in [3.8, 4) is 11.4 Å². The summed E-state index contributed by atoms with van der Waals surface area (Å²) in [5.74, 6) is 0.759. The van der Waals surface area contributed by atoms with Crippen molar-refractivity contribution >= 4 is 37.5 Å². The Morgan fingerprint density at radius 1 is 1.19 bits per heavy atom. The standard InChI is InChI=1S/C19H18N4O2S/c1-11-9-12(25-4)5-6-13(11)23-10-21-16-15-14(22(2)3)7-8-20-18(15)26-17(16)19(23)24/h5-10H,1-4H3. The lowest BCUT2D eigenvalue weighted by atomic mass is 10.2. The number of nitrogens with zero attached hydrogens (tertiary/aromatic N) is 4. The second-order valence-corrected chi connectivity index (χ2v) is 7.26. The lowest BCUT2D eigenvalue weighted by Crippen LogP contribution is -2.18. The number of aromatic nitrogens is 3. The molecule has 0 N–H and O–H groups in total. The second kappa shape index (κ2) is 6.10. The van der Waals surface area contributed by atoms with Gasteiger partial charge in [-0.1, -0.05) is 0 Å². The molecular formula is C19H18N4O2S. The van der Waals surface area contributed by atoms with E-state index < -0.39 is 0 Å². The molecule has 0 radical (unpaired) electrons. The first kappa shape index (κ1) is 16.5. The summed E-state index contributed by atoms with van der Waals surface area (Å²) in [6.45, 7) is 1.95. The number of fused-ring (bicyclic) bond motifs is 3. The van der Waals surface area contributed by atoms with Gasteiger partial charge in [0.15, 0.2) is 0 Å². The molecule has 6 nitrogen and oxygen atoms in total. The van der Waals surface area contributed by atoms with Gasteiger partial charge in [-0.3, -0.25) is 9.36 Å². The molecular weight excluding hydrogens is 348 g/mol. The van der Waals surface area contributed by atoms with E-state index in [2.05, 4.69) is 9.97 Å². The summed E-state index contributed by atoms with van der Waals surface area (Å²) in [5.41, 5.74) is 3.36. The molecule has 0 atom stereocenters. The minimum absolute atomic E-state index is 0.0871. The molecule has 3 heterocycles. The Kier molecular flexibility index (Phi) is 3.88. The molecule has 0 unspecified atom stereocenters. The van der Waals surface area contributed by atoms with Gasteiger partial charge in [0.25, 0.3) is 5.56 Å². The number of benzene rings is 1. The zero-order valence-corrected chi connectivity index (χ0v) is 15.8. The Morgan fingerprint density at radius 3 is 2.69 bits per heavy atom. The summed E-state index contributed by atoms with van der Waals surface area (Å²) >= 11 is 1.38. The van der Waals surface area contributed by atoms with Gasteiger partial charge in [0.2, 0.25) is 0 Å². The third-order valence-corrected chi connectivity index (χ3v) is 5.48. The molecule has 0 aliphatic heterocycles. The molecule has 0 saturated heterocycles. The minimum Gasteiger partial charge on any atom is -0.497 e. The number of hydrogen-bond donors (Lipinski definition) is 0. The smallest absolute Gasteiger partial charge is 0.275 e. The van der Waals surface area contributed by atoms with Crippen LogP contribution in [0.4, 0.5) is 5.69 Å². The number of methoxy groups -OCH3 is 1. The van der Waals surface area contributed by atoms with Gasteiger partial charge in [0.1, 0.15) is 21.6 Å². The molecule has 4 rings (SSSR count). The van der Waals surface area contributed by atoms with E-state index >= 15 is 0 Å². The first-order valence-electron chi connectivity index (χ1n) is 8.12. The highest BCUT2D eigenvalue weighted by atomic mass is 32.1. The summed E-state index contributed by atoms with van der Waals surface area (Å²) in [4.78, 5) is 25.0. The molecule has 4 aromatic rings. The molecule has 0 spiro atoms. The number of hydrogen-bond acceptors (Lipinski definition) is 6. The first-order chi connectivity index (χ1) is 12.5. The van der Waals surface area contributed by atoms with E-state index in [1.165, 1.54) is 11.3 Å². The van der Waals surface area contributed by atoms with Crippen molar-refractivity contribution in [1.82, 2.24) is 14.5 Å². The molecule has 0 saturated carbocycles. The fraction of sp³-hybridized carbons (Fsp3) is 0.211. The Bertz CT molecular complexity index is 1190. The van der Waals surface area contributed by atoms with E-state index in [9.17, 15) is 4.79 Å². The van der Waals surface area contributed by atoms with Crippen LogP contribution in [0.2, 0.25) is 0 Å². The van der Waals surface area contributed by atoms with Crippen LogP contribution in [-0.2, 0) is 0 Å². The van der Waals surface area contributed by atoms with Gasteiger partial charge in [-0.05, 0) is 36.8 Å². The highest BCUT2D eigenvalue weighted by Gasteiger charge is 2.17. The van der Waals surface area contributed by atoms with Gasteiger partial charge in [-0.15, -0.1) is 11.3 Å². The lowest BCUT2D eigenvalue weighted by Gasteiger charge is -2.13. The molecule has 1 aromatic carbocycles. The maximum absolute atomic E-state index is 13.1. The van der Waals surface area contributed by atoms with Crippen molar-refractivity contribution in [3.63, 3.8) is 0 Å². The Balaban J connectivity index is 2.01. The van der Waals surface area contributed by atoms with Gasteiger partial charge in [-0.2, -0.15) is 0 Å². The van der Waals surface area contributed by atoms with E-state index in [-0.39, 0.29) is 5.56 Å². The predicted octanol–water partition coefficient (Wildman–Crippen LogP) is 3.38. The highest BCUT2D eigenvalue weighted by molar-refractivity contribution is 7.25. The zero-order chi connectivity index (χ0) is 18.4. The SMILES string of the molecule is COc1ccc(-n2cnc3c(sc4nccc(N(C)C)c43)c2=O)c(C)c1. The van der Waals surface area contributed by atoms with Crippen LogP contribution < -0.4 is 15.2 Å². The van der Waals surface area contributed by atoms with Crippen LogP contribution in [0.3, 0.4) is 0 Å². The molecule has 0 aliphatic rings. The third-order valence-electron chi connectivity index (χ3n) is 4.41. The lowest BCUT2D eigenvalue weighted by molar-refractivity contribution is 0.414. The molecule has 0 fully saturated rings. The van der Waals surface area contributed by atoms with Gasteiger partial charge in [-0.25, -0.2) is 9.97 Å². The van der Waals surface area contributed by atoms with E-state index in [1.807, 2.05) is 50.2 Å². The quantitative estimate of drug-likeness (QED) is 0.556. The Labute approximate surface area is 154 Å². The maximum Gasteiger partial charge on any atom is 0.275 e. The zero-order valence-electron chi connectivity index (χ0n) is 15.0. The second-order valence-electron chi connectivity index (χ2n) is 6.26. The van der Waals surface area contributed by atoms with Gasteiger partial charge in [0, 0.05) is 20.3 Å². The van der Waals surface area contributed by atoms with Crippen LogP contribution >= 0.6 is 11.3 Å². The predicted molar refractivity (Wildman–Crippen MR) is 106 cm³/mol. The molecule has 3 aromatic heterocycles. The van der Waals surface area contributed by atoms with Crippen molar-refractivity contribution in [1.29, 1.82) is 0 Å². The molecule has 0 amide bonds. The van der Waals surface area contributed by atoms with E-state index in [0.29, 0.717) is 10.2 Å².